The van der Waals surface area contributed by atoms with Crippen LogP contribution in [0, 0.1) is 19.8 Å². The second-order valence-electron chi connectivity index (χ2n) is 6.64. The van der Waals surface area contributed by atoms with Gasteiger partial charge in [0.05, 0.1) is 22.0 Å². The van der Waals surface area contributed by atoms with E-state index in [1.54, 1.807) is 11.3 Å². The van der Waals surface area contributed by atoms with Crippen molar-refractivity contribution in [3.05, 3.63) is 51.5 Å². The lowest BCUT2D eigenvalue weighted by molar-refractivity contribution is 0.0934. The zero-order valence-corrected chi connectivity index (χ0v) is 15.3. The highest BCUT2D eigenvalue weighted by molar-refractivity contribution is 7.14. The van der Waals surface area contributed by atoms with E-state index < -0.39 is 0 Å². The summed E-state index contributed by atoms with van der Waals surface area (Å²) in [5, 5.41) is 3.16. The Morgan fingerprint density at radius 3 is 2.67 bits per heavy atom. The monoisotopic (exact) mass is 341 g/mol. The lowest BCUT2D eigenvalue weighted by atomic mass is 10.0. The van der Waals surface area contributed by atoms with Crippen LogP contribution in [0.25, 0.3) is 11.0 Å². The number of benzene rings is 1. The molecule has 4 nitrogen and oxygen atoms in total. The Labute approximate surface area is 146 Å². The van der Waals surface area contributed by atoms with E-state index in [0.717, 1.165) is 33.7 Å². The minimum Gasteiger partial charge on any atom is -0.341 e. The molecule has 1 atom stereocenters. The van der Waals surface area contributed by atoms with Crippen molar-refractivity contribution < 1.29 is 4.79 Å². The first-order chi connectivity index (χ1) is 11.4. The second kappa shape index (κ2) is 6.77. The molecule has 3 aromatic rings. The summed E-state index contributed by atoms with van der Waals surface area (Å²) < 4.78 is 0. The van der Waals surface area contributed by atoms with Crippen LogP contribution in [0.1, 0.15) is 52.2 Å². The number of carbonyl (C=O) groups excluding carboxylic acids is 1. The first-order valence-electron chi connectivity index (χ1n) is 8.26. The number of amides is 1. The summed E-state index contributed by atoms with van der Waals surface area (Å²) in [6.45, 7) is 8.39. The Kier molecular flexibility index (Phi) is 4.71. The highest BCUT2D eigenvalue weighted by Gasteiger charge is 2.21. The third-order valence-electron chi connectivity index (χ3n) is 4.14. The highest BCUT2D eigenvalue weighted by atomic mass is 32.1. The van der Waals surface area contributed by atoms with Crippen molar-refractivity contribution in [2.75, 3.05) is 0 Å². The summed E-state index contributed by atoms with van der Waals surface area (Å²) in [6.07, 6.45) is 0.842. The van der Waals surface area contributed by atoms with Crippen molar-refractivity contribution in [3.63, 3.8) is 0 Å². The van der Waals surface area contributed by atoms with E-state index in [2.05, 4.69) is 29.1 Å². The second-order valence-corrected chi connectivity index (χ2v) is 7.90. The molecule has 0 radical (unpaired) electrons. The van der Waals surface area contributed by atoms with Gasteiger partial charge in [-0.15, -0.1) is 11.3 Å². The minimum atomic E-state index is -0.118. The van der Waals surface area contributed by atoms with Gasteiger partial charge in [0.2, 0.25) is 0 Å². The number of H-pyrrole nitrogens is 1. The molecule has 0 fully saturated rings. The number of thiophene rings is 1. The molecule has 24 heavy (non-hydrogen) atoms. The van der Waals surface area contributed by atoms with Crippen molar-refractivity contribution >= 4 is 28.3 Å². The Hall–Kier alpha value is -2.14. The maximum Gasteiger partial charge on any atom is 0.261 e. The lowest BCUT2D eigenvalue weighted by Crippen LogP contribution is -2.29. The normalized spacial score (nSPS) is 12.7. The first kappa shape index (κ1) is 16.7. The van der Waals surface area contributed by atoms with Gasteiger partial charge in [-0.2, -0.15) is 0 Å². The number of hydrogen-bond donors (Lipinski definition) is 2. The van der Waals surface area contributed by atoms with Crippen molar-refractivity contribution in [2.45, 2.75) is 40.2 Å². The number of hydrogen-bond acceptors (Lipinski definition) is 3. The van der Waals surface area contributed by atoms with E-state index in [0.29, 0.717) is 5.92 Å². The smallest absolute Gasteiger partial charge is 0.261 e. The quantitative estimate of drug-likeness (QED) is 0.703. The molecule has 2 aromatic heterocycles. The zero-order chi connectivity index (χ0) is 17.3. The minimum absolute atomic E-state index is 0.0256. The number of aromatic nitrogens is 2. The molecule has 0 bridgehead atoms. The number of nitrogens with zero attached hydrogens (tertiary/aromatic N) is 1. The van der Waals surface area contributed by atoms with Crippen molar-refractivity contribution in [2.24, 2.45) is 5.92 Å². The largest absolute Gasteiger partial charge is 0.341 e. The number of para-hydroxylation sites is 2. The molecule has 0 aliphatic carbocycles. The summed E-state index contributed by atoms with van der Waals surface area (Å²) in [5.74, 6) is 1.25. The van der Waals surface area contributed by atoms with Gasteiger partial charge in [0.15, 0.2) is 0 Å². The molecule has 126 valence electrons. The maximum atomic E-state index is 12.6. The maximum absolute atomic E-state index is 12.6. The van der Waals surface area contributed by atoms with Crippen molar-refractivity contribution in [1.29, 1.82) is 0 Å². The van der Waals surface area contributed by atoms with Crippen LogP contribution in [-0.2, 0) is 0 Å². The van der Waals surface area contributed by atoms with Gasteiger partial charge >= 0.3 is 0 Å². The SMILES string of the molecule is Cc1cc(C(=O)NC(CC(C)C)c2nc3ccccc3[nH]2)sc1C. The van der Waals surface area contributed by atoms with E-state index in [1.165, 1.54) is 4.88 Å². The molecule has 0 spiro atoms. The predicted octanol–water partition coefficient (Wildman–Crippen LogP) is 4.76. The van der Waals surface area contributed by atoms with Gasteiger partial charge in [-0.3, -0.25) is 4.79 Å². The number of rotatable bonds is 5. The van der Waals surface area contributed by atoms with Gasteiger partial charge in [0.1, 0.15) is 5.82 Å². The molecule has 0 saturated carbocycles. The summed E-state index contributed by atoms with van der Waals surface area (Å²) in [7, 11) is 0. The number of fused-ring (bicyclic) bond motifs is 1. The average Bonchev–Trinajstić information content (AvgIpc) is 3.10. The van der Waals surface area contributed by atoms with E-state index in [-0.39, 0.29) is 11.9 Å². The molecule has 2 N–H and O–H groups in total. The third kappa shape index (κ3) is 3.51. The van der Waals surface area contributed by atoms with E-state index >= 15 is 0 Å². The standard InChI is InChI=1S/C19H23N3OS/c1-11(2)9-16(18-20-14-7-5-6-8-15(14)21-18)22-19(23)17-10-12(3)13(4)24-17/h5-8,10-11,16H,9H2,1-4H3,(H,20,21)(H,22,23). The first-order valence-corrected chi connectivity index (χ1v) is 9.08. The van der Waals surface area contributed by atoms with Crippen LogP contribution in [0.4, 0.5) is 0 Å². The molecular formula is C19H23N3OS. The van der Waals surface area contributed by atoms with Crippen LogP contribution in [0.2, 0.25) is 0 Å². The molecule has 0 aliphatic rings. The summed E-state index contributed by atoms with van der Waals surface area (Å²) in [4.78, 5) is 22.6. The van der Waals surface area contributed by atoms with Gasteiger partial charge in [0.25, 0.3) is 5.91 Å². The zero-order valence-electron chi connectivity index (χ0n) is 14.5. The van der Waals surface area contributed by atoms with Gasteiger partial charge in [-0.1, -0.05) is 26.0 Å². The number of aryl methyl sites for hydroxylation is 2. The van der Waals surface area contributed by atoms with Crippen molar-refractivity contribution in [3.8, 4) is 0 Å². The molecule has 5 heteroatoms. The van der Waals surface area contributed by atoms with Gasteiger partial charge < -0.3 is 10.3 Å². The van der Waals surface area contributed by atoms with Crippen molar-refractivity contribution in [1.82, 2.24) is 15.3 Å². The molecule has 1 aromatic carbocycles. The highest BCUT2D eigenvalue weighted by Crippen LogP contribution is 2.25. The van der Waals surface area contributed by atoms with Gasteiger partial charge in [-0.25, -0.2) is 4.98 Å². The van der Waals surface area contributed by atoms with Crippen LogP contribution in [0.15, 0.2) is 30.3 Å². The fourth-order valence-electron chi connectivity index (χ4n) is 2.76. The average molecular weight is 341 g/mol. The fourth-order valence-corrected chi connectivity index (χ4v) is 3.70. The summed E-state index contributed by atoms with van der Waals surface area (Å²) in [6, 6.07) is 9.78. The van der Waals surface area contributed by atoms with E-state index in [9.17, 15) is 4.79 Å². The molecule has 0 aliphatic heterocycles. The molecule has 2 heterocycles. The number of carbonyl (C=O) groups is 1. The fraction of sp³-hybridized carbons (Fsp3) is 0.368. The lowest BCUT2D eigenvalue weighted by Gasteiger charge is -2.18. The number of nitrogens with one attached hydrogen (secondary N) is 2. The summed E-state index contributed by atoms with van der Waals surface area (Å²) in [5.41, 5.74) is 3.09. The van der Waals surface area contributed by atoms with Crippen LogP contribution in [-0.4, -0.2) is 15.9 Å². The van der Waals surface area contributed by atoms with Gasteiger partial charge in [0, 0.05) is 4.88 Å². The molecule has 0 saturated heterocycles. The van der Waals surface area contributed by atoms with Gasteiger partial charge in [-0.05, 0) is 49.9 Å². The Bertz CT molecular complexity index is 810. The number of imidazole rings is 1. The van der Waals surface area contributed by atoms with Crippen LogP contribution < -0.4 is 5.32 Å². The van der Waals surface area contributed by atoms with Crippen LogP contribution >= 0.6 is 11.3 Å². The van der Waals surface area contributed by atoms with Crippen LogP contribution in [0.3, 0.4) is 0 Å². The Balaban J connectivity index is 1.87. The molecule has 1 amide bonds. The Morgan fingerprint density at radius 2 is 2.04 bits per heavy atom. The van der Waals surface area contributed by atoms with E-state index in [4.69, 9.17) is 0 Å². The summed E-state index contributed by atoms with van der Waals surface area (Å²) >= 11 is 1.54. The molecule has 3 rings (SSSR count). The van der Waals surface area contributed by atoms with Crippen LogP contribution in [0.5, 0.6) is 0 Å². The van der Waals surface area contributed by atoms with E-state index in [1.807, 2.05) is 44.2 Å². The Morgan fingerprint density at radius 1 is 1.29 bits per heavy atom. The third-order valence-corrected chi connectivity index (χ3v) is 5.29. The molecular weight excluding hydrogens is 318 g/mol. The number of aromatic amines is 1. The molecule has 1 unspecified atom stereocenters. The predicted molar refractivity (Wildman–Crippen MR) is 99.5 cm³/mol. The topological polar surface area (TPSA) is 57.8 Å².